The molecule has 2 amide bonds. The molecule has 186 valence electrons. The Bertz CT molecular complexity index is 1050. The van der Waals surface area contributed by atoms with Crippen molar-refractivity contribution < 1.29 is 19.4 Å². The van der Waals surface area contributed by atoms with Gasteiger partial charge < -0.3 is 19.6 Å². The van der Waals surface area contributed by atoms with Crippen molar-refractivity contribution in [2.75, 3.05) is 25.2 Å². The molecule has 2 aliphatic rings. The molecule has 0 spiro atoms. The third kappa shape index (κ3) is 5.82. The fourth-order valence-corrected chi connectivity index (χ4v) is 5.22. The molecule has 6 heteroatoms. The minimum atomic E-state index is -0.180. The van der Waals surface area contributed by atoms with Gasteiger partial charge in [-0.2, -0.15) is 0 Å². The number of benzene rings is 2. The molecule has 0 bridgehead atoms. The van der Waals surface area contributed by atoms with Crippen molar-refractivity contribution in [3.63, 3.8) is 0 Å². The van der Waals surface area contributed by atoms with Crippen LogP contribution in [0.3, 0.4) is 0 Å². The normalized spacial score (nSPS) is 20.1. The number of aliphatic hydroxyl groups excluding tert-OH is 1. The summed E-state index contributed by atoms with van der Waals surface area (Å²) in [5, 5.41) is 9.85. The van der Waals surface area contributed by atoms with Crippen molar-refractivity contribution in [3.8, 4) is 0 Å². The van der Waals surface area contributed by atoms with Gasteiger partial charge in [-0.3, -0.25) is 9.59 Å². The molecule has 1 N–H and O–H groups in total. The molecule has 3 atom stereocenters. The molecule has 0 saturated carbocycles. The van der Waals surface area contributed by atoms with E-state index >= 15 is 0 Å². The molecule has 0 unspecified atom stereocenters. The largest absolute Gasteiger partial charge is 0.394 e. The van der Waals surface area contributed by atoms with Gasteiger partial charge >= 0.3 is 0 Å². The highest BCUT2D eigenvalue weighted by Crippen LogP contribution is 2.30. The number of methoxy groups -OCH3 is 1. The molecular formula is C29H36N2O4. The lowest BCUT2D eigenvalue weighted by Crippen LogP contribution is -2.46. The van der Waals surface area contributed by atoms with Gasteiger partial charge in [-0.05, 0) is 48.1 Å². The number of amides is 2. The van der Waals surface area contributed by atoms with E-state index < -0.39 is 0 Å². The molecule has 2 aliphatic heterocycles. The van der Waals surface area contributed by atoms with Gasteiger partial charge in [-0.25, -0.2) is 0 Å². The Kier molecular flexibility index (Phi) is 8.37. The summed E-state index contributed by atoms with van der Waals surface area (Å²) in [6.07, 6.45) is 7.38. The molecule has 0 radical (unpaired) electrons. The first-order valence-electron chi connectivity index (χ1n) is 12.6. The zero-order valence-electron chi connectivity index (χ0n) is 20.7. The molecule has 0 aromatic heterocycles. The summed E-state index contributed by atoms with van der Waals surface area (Å²) in [6.45, 7) is 3.35. The first-order valence-corrected chi connectivity index (χ1v) is 12.6. The highest BCUT2D eigenvalue weighted by Gasteiger charge is 2.28. The van der Waals surface area contributed by atoms with Crippen molar-refractivity contribution in [1.82, 2.24) is 4.90 Å². The second-order valence-electron chi connectivity index (χ2n) is 9.57. The predicted octanol–water partition coefficient (Wildman–Crippen LogP) is 4.42. The minimum absolute atomic E-state index is 0.0199. The zero-order valence-corrected chi connectivity index (χ0v) is 20.7. The Labute approximate surface area is 208 Å². The first-order chi connectivity index (χ1) is 17.0. The number of nitrogens with zero attached hydrogens (tertiary/aromatic N) is 2. The van der Waals surface area contributed by atoms with Gasteiger partial charge in [0.1, 0.15) is 0 Å². The number of carbonyl (C=O) groups is 2. The Morgan fingerprint density at radius 3 is 2.57 bits per heavy atom. The second kappa shape index (κ2) is 11.6. The standard InChI is InChI=1S/C29H36N2O4/c1-21(29(35-2)22-13-15-25(16-14-22)30-17-6-5-11-27(30)33)8-7-12-28(34)31-19-24-10-4-3-9-23(24)18-26(31)20-32/h3-4,7-10,13-16,21,26,29,32H,5-6,11-12,17-20H2,1-2H3/b8-7+/t21-,26-,29+/m0/s1. The average molecular weight is 477 g/mol. The highest BCUT2D eigenvalue weighted by atomic mass is 16.5. The van der Waals surface area contributed by atoms with E-state index in [0.717, 1.165) is 36.2 Å². The van der Waals surface area contributed by atoms with Gasteiger partial charge in [0.2, 0.25) is 11.8 Å². The summed E-state index contributed by atoms with van der Waals surface area (Å²) in [7, 11) is 1.69. The summed E-state index contributed by atoms with van der Waals surface area (Å²) in [4.78, 5) is 28.9. The zero-order chi connectivity index (χ0) is 24.8. The molecule has 35 heavy (non-hydrogen) atoms. The maximum atomic E-state index is 13.0. The van der Waals surface area contributed by atoms with Crippen LogP contribution in [0.4, 0.5) is 5.69 Å². The van der Waals surface area contributed by atoms with Crippen LogP contribution in [0, 0.1) is 5.92 Å². The van der Waals surface area contributed by atoms with Gasteiger partial charge in [0.05, 0.1) is 18.8 Å². The number of piperidine rings is 1. The summed E-state index contributed by atoms with van der Waals surface area (Å²) >= 11 is 0. The number of aliphatic hydroxyl groups is 1. The van der Waals surface area contributed by atoms with Crippen molar-refractivity contribution in [2.24, 2.45) is 5.92 Å². The molecule has 2 heterocycles. The predicted molar refractivity (Wildman–Crippen MR) is 137 cm³/mol. The van der Waals surface area contributed by atoms with Gasteiger partial charge in [0.25, 0.3) is 0 Å². The Morgan fingerprint density at radius 1 is 1.14 bits per heavy atom. The van der Waals surface area contributed by atoms with E-state index in [9.17, 15) is 14.7 Å². The van der Waals surface area contributed by atoms with Crippen LogP contribution in [0.2, 0.25) is 0 Å². The Morgan fingerprint density at radius 2 is 1.89 bits per heavy atom. The number of fused-ring (bicyclic) bond motifs is 1. The fraction of sp³-hybridized carbons (Fsp3) is 0.448. The van der Waals surface area contributed by atoms with E-state index in [1.54, 1.807) is 12.0 Å². The van der Waals surface area contributed by atoms with E-state index in [4.69, 9.17) is 4.74 Å². The van der Waals surface area contributed by atoms with Crippen LogP contribution in [-0.2, 0) is 27.3 Å². The maximum absolute atomic E-state index is 13.0. The van der Waals surface area contributed by atoms with Crippen LogP contribution in [0.25, 0.3) is 0 Å². The molecular weight excluding hydrogens is 440 g/mol. The lowest BCUT2D eigenvalue weighted by Gasteiger charge is -2.36. The van der Waals surface area contributed by atoms with E-state index in [2.05, 4.69) is 19.1 Å². The Balaban J connectivity index is 1.37. The van der Waals surface area contributed by atoms with Gasteiger partial charge in [-0.1, -0.05) is 55.5 Å². The summed E-state index contributed by atoms with van der Waals surface area (Å²) in [6, 6.07) is 16.0. The van der Waals surface area contributed by atoms with Crippen LogP contribution in [0.1, 0.15) is 55.4 Å². The van der Waals surface area contributed by atoms with E-state index in [0.29, 0.717) is 19.4 Å². The van der Waals surface area contributed by atoms with Crippen molar-refractivity contribution in [3.05, 3.63) is 77.4 Å². The number of hydrogen-bond donors (Lipinski definition) is 1. The first kappa shape index (κ1) is 25.1. The van der Waals surface area contributed by atoms with Crippen molar-refractivity contribution in [2.45, 2.75) is 57.7 Å². The molecule has 1 fully saturated rings. The van der Waals surface area contributed by atoms with E-state index in [1.165, 1.54) is 5.56 Å². The van der Waals surface area contributed by atoms with Crippen molar-refractivity contribution >= 4 is 17.5 Å². The van der Waals surface area contributed by atoms with Crippen LogP contribution >= 0.6 is 0 Å². The van der Waals surface area contributed by atoms with Gasteiger partial charge in [0, 0.05) is 44.6 Å². The van der Waals surface area contributed by atoms with Crippen molar-refractivity contribution in [1.29, 1.82) is 0 Å². The lowest BCUT2D eigenvalue weighted by molar-refractivity contribution is -0.134. The topological polar surface area (TPSA) is 70.1 Å². The molecule has 0 aliphatic carbocycles. The third-order valence-corrected chi connectivity index (χ3v) is 7.21. The quantitative estimate of drug-likeness (QED) is 0.573. The highest BCUT2D eigenvalue weighted by molar-refractivity contribution is 5.93. The molecule has 2 aromatic rings. The van der Waals surface area contributed by atoms with Crippen LogP contribution in [0.15, 0.2) is 60.7 Å². The van der Waals surface area contributed by atoms with Gasteiger partial charge in [0.15, 0.2) is 0 Å². The SMILES string of the molecule is CO[C@@H](c1ccc(N2CCCCC2=O)cc1)[C@@H](C)/C=C/CC(=O)N1Cc2ccccc2C[C@H]1CO. The van der Waals surface area contributed by atoms with Gasteiger partial charge in [-0.15, -0.1) is 0 Å². The summed E-state index contributed by atoms with van der Waals surface area (Å²) < 4.78 is 5.79. The minimum Gasteiger partial charge on any atom is -0.394 e. The molecule has 1 saturated heterocycles. The second-order valence-corrected chi connectivity index (χ2v) is 9.57. The molecule has 6 nitrogen and oxygen atoms in total. The number of rotatable bonds is 8. The smallest absolute Gasteiger partial charge is 0.227 e. The molecule has 4 rings (SSSR count). The van der Waals surface area contributed by atoms with Crippen LogP contribution in [0.5, 0.6) is 0 Å². The average Bonchev–Trinajstić information content (AvgIpc) is 2.89. The monoisotopic (exact) mass is 476 g/mol. The molecule has 2 aromatic carbocycles. The number of hydrogen-bond acceptors (Lipinski definition) is 4. The van der Waals surface area contributed by atoms with Crippen LogP contribution < -0.4 is 4.90 Å². The summed E-state index contributed by atoms with van der Waals surface area (Å²) in [5.74, 6) is 0.270. The van der Waals surface area contributed by atoms with E-state index in [1.807, 2.05) is 53.5 Å². The summed E-state index contributed by atoms with van der Waals surface area (Å²) in [5.41, 5.74) is 4.33. The number of ether oxygens (including phenoxy) is 1. The van der Waals surface area contributed by atoms with E-state index in [-0.39, 0.29) is 42.9 Å². The van der Waals surface area contributed by atoms with Crippen LogP contribution in [-0.4, -0.2) is 48.1 Å². The number of carbonyl (C=O) groups excluding carboxylic acids is 2. The third-order valence-electron chi connectivity index (χ3n) is 7.21. The lowest BCUT2D eigenvalue weighted by atomic mass is 9.93. The Hall–Kier alpha value is -2.96. The fourth-order valence-electron chi connectivity index (χ4n) is 5.22. The maximum Gasteiger partial charge on any atom is 0.227 e. The number of anilines is 1.